The van der Waals surface area contributed by atoms with Crippen LogP contribution in [-0.4, -0.2) is 48.5 Å². The summed E-state index contributed by atoms with van der Waals surface area (Å²) in [7, 11) is 0. The van der Waals surface area contributed by atoms with Gasteiger partial charge in [-0.05, 0) is 25.2 Å². The number of hydrogen-bond acceptors (Lipinski definition) is 3. The first-order valence-corrected chi connectivity index (χ1v) is 7.62. The average Bonchev–Trinajstić information content (AvgIpc) is 2.34. The highest BCUT2D eigenvalue weighted by Gasteiger charge is 2.42. The van der Waals surface area contributed by atoms with Gasteiger partial charge in [-0.2, -0.15) is 0 Å². The first-order chi connectivity index (χ1) is 8.60. The summed E-state index contributed by atoms with van der Waals surface area (Å²) in [4.78, 5) is 2.48. The van der Waals surface area contributed by atoms with Crippen LogP contribution >= 0.6 is 0 Å². The van der Waals surface area contributed by atoms with Crippen molar-refractivity contribution in [2.45, 2.75) is 51.6 Å². The Morgan fingerprint density at radius 3 is 2.94 bits per heavy atom. The Labute approximate surface area is 112 Å². The van der Waals surface area contributed by atoms with Crippen molar-refractivity contribution in [1.29, 1.82) is 0 Å². The molecule has 3 nitrogen and oxygen atoms in total. The number of hydrogen-bond donors (Lipinski definition) is 1. The summed E-state index contributed by atoms with van der Waals surface area (Å²) in [5.41, 5.74) is -0.340. The largest absolute Gasteiger partial charge is 0.390 e. The second-order valence-corrected chi connectivity index (χ2v) is 6.57. The van der Waals surface area contributed by atoms with Gasteiger partial charge in [0, 0.05) is 32.2 Å². The molecule has 18 heavy (non-hydrogen) atoms. The zero-order valence-corrected chi connectivity index (χ0v) is 12.0. The van der Waals surface area contributed by atoms with Crippen molar-refractivity contribution < 1.29 is 9.84 Å². The fourth-order valence-electron chi connectivity index (χ4n) is 3.36. The molecule has 1 saturated carbocycles. The van der Waals surface area contributed by atoms with Gasteiger partial charge in [-0.1, -0.05) is 26.7 Å². The summed E-state index contributed by atoms with van der Waals surface area (Å²) < 4.78 is 5.65. The van der Waals surface area contributed by atoms with Crippen LogP contribution in [0.25, 0.3) is 0 Å². The smallest absolute Gasteiger partial charge is 0.0700 e. The summed E-state index contributed by atoms with van der Waals surface area (Å²) in [6.45, 7) is 9.20. The van der Waals surface area contributed by atoms with E-state index in [0.29, 0.717) is 11.8 Å². The highest BCUT2D eigenvalue weighted by atomic mass is 16.5. The van der Waals surface area contributed by atoms with Crippen LogP contribution in [0.3, 0.4) is 0 Å². The summed E-state index contributed by atoms with van der Waals surface area (Å²) in [5, 5.41) is 10.6. The second kappa shape index (κ2) is 6.36. The van der Waals surface area contributed by atoms with E-state index in [1.54, 1.807) is 0 Å². The standard InChI is InChI=1S/C15H29NO2/c1-13(2)12-18-10-9-16-8-7-15(17)6-4-3-5-14(15)11-16/h13-14,17H,3-12H2,1-2H3. The van der Waals surface area contributed by atoms with Crippen molar-refractivity contribution in [1.82, 2.24) is 4.90 Å². The number of rotatable bonds is 5. The Kier molecular flexibility index (Phi) is 5.05. The van der Waals surface area contributed by atoms with Crippen molar-refractivity contribution in [3.8, 4) is 0 Å². The number of nitrogens with zero attached hydrogens (tertiary/aromatic N) is 1. The maximum Gasteiger partial charge on any atom is 0.0700 e. The fourth-order valence-corrected chi connectivity index (χ4v) is 3.36. The molecule has 1 N–H and O–H groups in total. The maximum absolute atomic E-state index is 10.6. The molecule has 106 valence electrons. The molecular weight excluding hydrogens is 226 g/mol. The molecule has 1 saturated heterocycles. The molecule has 0 spiro atoms. The monoisotopic (exact) mass is 255 g/mol. The highest BCUT2D eigenvalue weighted by molar-refractivity contribution is 4.95. The molecule has 2 fully saturated rings. The third-order valence-electron chi connectivity index (χ3n) is 4.51. The lowest BCUT2D eigenvalue weighted by Gasteiger charge is -2.47. The molecule has 2 atom stereocenters. The topological polar surface area (TPSA) is 32.7 Å². The molecule has 0 aromatic heterocycles. The van der Waals surface area contributed by atoms with Gasteiger partial charge in [0.1, 0.15) is 0 Å². The minimum atomic E-state index is -0.340. The molecule has 0 aromatic carbocycles. The number of piperidine rings is 1. The molecule has 0 radical (unpaired) electrons. The zero-order valence-electron chi connectivity index (χ0n) is 12.0. The van der Waals surface area contributed by atoms with Crippen LogP contribution in [0.15, 0.2) is 0 Å². The molecule has 2 aliphatic rings. The lowest BCUT2D eigenvalue weighted by molar-refractivity contribution is -0.0980. The lowest BCUT2D eigenvalue weighted by Crippen LogP contribution is -2.53. The van der Waals surface area contributed by atoms with Gasteiger partial charge in [-0.15, -0.1) is 0 Å². The van der Waals surface area contributed by atoms with Crippen LogP contribution in [0.5, 0.6) is 0 Å². The number of fused-ring (bicyclic) bond motifs is 1. The van der Waals surface area contributed by atoms with Crippen LogP contribution in [0, 0.1) is 11.8 Å². The predicted octanol–water partition coefficient (Wildman–Crippen LogP) is 2.29. The van der Waals surface area contributed by atoms with E-state index < -0.39 is 0 Å². The third kappa shape index (κ3) is 3.69. The second-order valence-electron chi connectivity index (χ2n) is 6.57. The Morgan fingerprint density at radius 2 is 2.17 bits per heavy atom. The van der Waals surface area contributed by atoms with Crippen molar-refractivity contribution in [2.75, 3.05) is 32.8 Å². The molecule has 1 aliphatic heterocycles. The molecule has 0 aromatic rings. The summed E-state index contributed by atoms with van der Waals surface area (Å²) in [6.07, 6.45) is 5.70. The summed E-state index contributed by atoms with van der Waals surface area (Å²) in [5.74, 6) is 1.12. The third-order valence-corrected chi connectivity index (χ3v) is 4.51. The van der Waals surface area contributed by atoms with Crippen LogP contribution in [0.1, 0.15) is 46.0 Å². The molecule has 2 unspecified atom stereocenters. The fraction of sp³-hybridized carbons (Fsp3) is 1.00. The molecular formula is C15H29NO2. The maximum atomic E-state index is 10.6. The molecule has 2 rings (SSSR count). The molecule has 0 bridgehead atoms. The summed E-state index contributed by atoms with van der Waals surface area (Å²) >= 11 is 0. The predicted molar refractivity (Wildman–Crippen MR) is 73.6 cm³/mol. The van der Waals surface area contributed by atoms with Gasteiger partial charge in [-0.3, -0.25) is 0 Å². The van der Waals surface area contributed by atoms with Gasteiger partial charge in [0.05, 0.1) is 12.2 Å². The molecule has 0 amide bonds. The highest BCUT2D eigenvalue weighted by Crippen LogP contribution is 2.39. The van der Waals surface area contributed by atoms with E-state index in [-0.39, 0.29) is 5.60 Å². The van der Waals surface area contributed by atoms with Gasteiger partial charge >= 0.3 is 0 Å². The van der Waals surface area contributed by atoms with E-state index >= 15 is 0 Å². The van der Waals surface area contributed by atoms with Crippen LogP contribution in [0.4, 0.5) is 0 Å². The van der Waals surface area contributed by atoms with Gasteiger partial charge in [0.25, 0.3) is 0 Å². The van der Waals surface area contributed by atoms with Crippen molar-refractivity contribution in [3.63, 3.8) is 0 Å². The quantitative estimate of drug-likeness (QED) is 0.765. The van der Waals surface area contributed by atoms with E-state index in [9.17, 15) is 5.11 Å². The first-order valence-electron chi connectivity index (χ1n) is 7.62. The van der Waals surface area contributed by atoms with Crippen molar-refractivity contribution in [2.24, 2.45) is 11.8 Å². The van der Waals surface area contributed by atoms with Crippen LogP contribution < -0.4 is 0 Å². The van der Waals surface area contributed by atoms with E-state index in [2.05, 4.69) is 18.7 Å². The zero-order chi connectivity index (χ0) is 13.0. The molecule has 1 aliphatic carbocycles. The Hall–Kier alpha value is -0.120. The lowest BCUT2D eigenvalue weighted by atomic mass is 9.71. The Morgan fingerprint density at radius 1 is 1.33 bits per heavy atom. The number of likely N-dealkylation sites (tertiary alicyclic amines) is 1. The van der Waals surface area contributed by atoms with E-state index in [4.69, 9.17) is 4.74 Å². The van der Waals surface area contributed by atoms with Gasteiger partial charge in [0.2, 0.25) is 0 Å². The van der Waals surface area contributed by atoms with Crippen LogP contribution in [-0.2, 0) is 4.74 Å². The SMILES string of the molecule is CC(C)COCCN1CCC2(O)CCCCC2C1. The van der Waals surface area contributed by atoms with Gasteiger partial charge in [0.15, 0.2) is 0 Å². The van der Waals surface area contributed by atoms with Crippen molar-refractivity contribution >= 4 is 0 Å². The summed E-state index contributed by atoms with van der Waals surface area (Å²) in [6, 6.07) is 0. The first kappa shape index (κ1) is 14.3. The van der Waals surface area contributed by atoms with E-state index in [0.717, 1.165) is 45.7 Å². The molecule has 1 heterocycles. The normalized spacial score (nSPS) is 33.7. The minimum Gasteiger partial charge on any atom is -0.390 e. The van der Waals surface area contributed by atoms with Gasteiger partial charge < -0.3 is 14.7 Å². The Balaban J connectivity index is 1.70. The van der Waals surface area contributed by atoms with E-state index in [1.807, 2.05) is 0 Å². The number of aliphatic hydroxyl groups is 1. The molecule has 3 heteroatoms. The average molecular weight is 255 g/mol. The number of ether oxygens (including phenoxy) is 1. The minimum absolute atomic E-state index is 0.340. The van der Waals surface area contributed by atoms with E-state index in [1.165, 1.54) is 19.3 Å². The van der Waals surface area contributed by atoms with Gasteiger partial charge in [-0.25, -0.2) is 0 Å². The van der Waals surface area contributed by atoms with Crippen LogP contribution in [0.2, 0.25) is 0 Å². The van der Waals surface area contributed by atoms with Crippen molar-refractivity contribution in [3.05, 3.63) is 0 Å². The Bertz CT molecular complexity index is 257.